The molecule has 1 fully saturated rings. The number of nitrogens with one attached hydrogen (secondary N) is 1. The summed E-state index contributed by atoms with van der Waals surface area (Å²) in [7, 11) is 3.25. The highest BCUT2D eigenvalue weighted by Gasteiger charge is 2.13. The topological polar surface area (TPSA) is 63.7 Å². The standard InChI is InChI=1S/C20H25N3O3/c1-25-17-7-8-18(26-2)15(13-17)5-10-20(24)22-16-6-9-19(21-14-16)23-11-3-4-12-23/h6-9,13-14H,3-5,10-12H2,1-2H3,(H,22,24). The van der Waals surface area contributed by atoms with E-state index in [0.717, 1.165) is 41.7 Å². The van der Waals surface area contributed by atoms with Crippen molar-refractivity contribution >= 4 is 17.4 Å². The summed E-state index contributed by atoms with van der Waals surface area (Å²) in [5, 5.41) is 2.90. The molecule has 2 heterocycles. The van der Waals surface area contributed by atoms with Crippen molar-refractivity contribution < 1.29 is 14.3 Å². The molecule has 6 heteroatoms. The molecule has 0 radical (unpaired) electrons. The van der Waals surface area contributed by atoms with E-state index in [9.17, 15) is 4.79 Å². The number of ether oxygens (including phenoxy) is 2. The molecule has 138 valence electrons. The second kappa shape index (κ2) is 8.56. The van der Waals surface area contributed by atoms with Crippen LogP contribution in [-0.2, 0) is 11.2 Å². The number of carbonyl (C=O) groups is 1. The van der Waals surface area contributed by atoms with E-state index in [1.807, 2.05) is 30.3 Å². The van der Waals surface area contributed by atoms with Gasteiger partial charge in [0.2, 0.25) is 5.91 Å². The van der Waals surface area contributed by atoms with Crippen molar-refractivity contribution in [3.8, 4) is 11.5 Å². The molecule has 1 aromatic heterocycles. The third-order valence-corrected chi connectivity index (χ3v) is 4.57. The predicted octanol–water partition coefficient (Wildman–Crippen LogP) is 3.27. The SMILES string of the molecule is COc1ccc(OC)c(CCC(=O)Nc2ccc(N3CCCC3)nc2)c1. The van der Waals surface area contributed by atoms with E-state index >= 15 is 0 Å². The Morgan fingerprint density at radius 1 is 1.15 bits per heavy atom. The van der Waals surface area contributed by atoms with Gasteiger partial charge in [-0.25, -0.2) is 4.98 Å². The van der Waals surface area contributed by atoms with Crippen LogP contribution in [0.15, 0.2) is 36.5 Å². The van der Waals surface area contributed by atoms with Crippen LogP contribution in [0.3, 0.4) is 0 Å². The average Bonchev–Trinajstić information content (AvgIpc) is 3.21. The number of amides is 1. The van der Waals surface area contributed by atoms with Gasteiger partial charge in [0.1, 0.15) is 17.3 Å². The quantitative estimate of drug-likeness (QED) is 0.826. The van der Waals surface area contributed by atoms with Gasteiger partial charge in [-0.1, -0.05) is 0 Å². The maximum Gasteiger partial charge on any atom is 0.224 e. The number of pyridine rings is 1. The lowest BCUT2D eigenvalue weighted by Crippen LogP contribution is -2.19. The van der Waals surface area contributed by atoms with Crippen LogP contribution in [0.2, 0.25) is 0 Å². The monoisotopic (exact) mass is 355 g/mol. The van der Waals surface area contributed by atoms with Crippen molar-refractivity contribution in [2.75, 3.05) is 37.5 Å². The van der Waals surface area contributed by atoms with Gasteiger partial charge in [-0.05, 0) is 55.2 Å². The Kier molecular flexibility index (Phi) is 5.94. The number of rotatable bonds is 7. The van der Waals surface area contributed by atoms with E-state index in [-0.39, 0.29) is 5.91 Å². The molecular formula is C20H25N3O3. The zero-order chi connectivity index (χ0) is 18.4. The third-order valence-electron chi connectivity index (χ3n) is 4.57. The van der Waals surface area contributed by atoms with E-state index in [2.05, 4.69) is 15.2 Å². The molecule has 26 heavy (non-hydrogen) atoms. The summed E-state index contributed by atoms with van der Waals surface area (Å²) in [6.45, 7) is 2.11. The summed E-state index contributed by atoms with van der Waals surface area (Å²) in [6.07, 6.45) is 5.09. The first-order valence-electron chi connectivity index (χ1n) is 8.91. The summed E-state index contributed by atoms with van der Waals surface area (Å²) in [5.74, 6) is 2.44. The largest absolute Gasteiger partial charge is 0.497 e. The molecule has 1 aromatic carbocycles. The maximum absolute atomic E-state index is 12.3. The third kappa shape index (κ3) is 4.45. The molecule has 0 unspecified atom stereocenters. The van der Waals surface area contributed by atoms with E-state index in [1.165, 1.54) is 12.8 Å². The van der Waals surface area contributed by atoms with E-state index in [1.54, 1.807) is 20.4 Å². The normalized spacial score (nSPS) is 13.5. The van der Waals surface area contributed by atoms with Gasteiger partial charge in [0.15, 0.2) is 0 Å². The van der Waals surface area contributed by atoms with E-state index < -0.39 is 0 Å². The van der Waals surface area contributed by atoms with E-state index in [4.69, 9.17) is 9.47 Å². The summed E-state index contributed by atoms with van der Waals surface area (Å²) in [6, 6.07) is 9.47. The Balaban J connectivity index is 1.55. The molecule has 1 amide bonds. The predicted molar refractivity (Wildman–Crippen MR) is 102 cm³/mol. The molecular weight excluding hydrogens is 330 g/mol. The second-order valence-electron chi connectivity index (χ2n) is 6.33. The van der Waals surface area contributed by atoms with Gasteiger partial charge in [0.05, 0.1) is 26.1 Å². The maximum atomic E-state index is 12.3. The van der Waals surface area contributed by atoms with Crippen molar-refractivity contribution in [3.63, 3.8) is 0 Å². The molecule has 0 saturated carbocycles. The molecule has 1 N–H and O–H groups in total. The van der Waals surface area contributed by atoms with Crippen LogP contribution < -0.4 is 19.7 Å². The number of hydrogen-bond acceptors (Lipinski definition) is 5. The fraction of sp³-hybridized carbons (Fsp3) is 0.400. The van der Waals surface area contributed by atoms with Crippen molar-refractivity contribution in [3.05, 3.63) is 42.1 Å². The Labute approximate surface area is 154 Å². The second-order valence-corrected chi connectivity index (χ2v) is 6.33. The molecule has 0 aliphatic carbocycles. The van der Waals surface area contributed by atoms with Crippen LogP contribution in [0, 0.1) is 0 Å². The van der Waals surface area contributed by atoms with Crippen LogP contribution in [0.4, 0.5) is 11.5 Å². The van der Waals surface area contributed by atoms with E-state index in [0.29, 0.717) is 12.8 Å². The smallest absolute Gasteiger partial charge is 0.224 e. The zero-order valence-electron chi connectivity index (χ0n) is 15.3. The number of aryl methyl sites for hydroxylation is 1. The Morgan fingerprint density at radius 2 is 1.96 bits per heavy atom. The van der Waals surface area contributed by atoms with Crippen LogP contribution >= 0.6 is 0 Å². The Bertz CT molecular complexity index is 740. The number of benzene rings is 1. The average molecular weight is 355 g/mol. The minimum absolute atomic E-state index is 0.0504. The molecule has 2 aromatic rings. The summed E-state index contributed by atoms with van der Waals surface area (Å²) >= 11 is 0. The van der Waals surface area contributed by atoms with Gasteiger partial charge in [-0.3, -0.25) is 4.79 Å². The first-order valence-corrected chi connectivity index (χ1v) is 8.91. The molecule has 1 aliphatic heterocycles. The minimum atomic E-state index is -0.0504. The highest BCUT2D eigenvalue weighted by Crippen LogP contribution is 2.25. The van der Waals surface area contributed by atoms with Gasteiger partial charge < -0.3 is 19.7 Å². The number of aromatic nitrogens is 1. The van der Waals surface area contributed by atoms with Gasteiger partial charge in [0, 0.05) is 19.5 Å². The van der Waals surface area contributed by atoms with Crippen LogP contribution in [0.5, 0.6) is 11.5 Å². The molecule has 3 rings (SSSR count). The number of anilines is 2. The van der Waals surface area contributed by atoms with Gasteiger partial charge in [-0.2, -0.15) is 0 Å². The summed E-state index contributed by atoms with van der Waals surface area (Å²) < 4.78 is 10.6. The van der Waals surface area contributed by atoms with Gasteiger partial charge in [0.25, 0.3) is 0 Å². The fourth-order valence-corrected chi connectivity index (χ4v) is 3.14. The minimum Gasteiger partial charge on any atom is -0.497 e. The van der Waals surface area contributed by atoms with Crippen molar-refractivity contribution in [2.45, 2.75) is 25.7 Å². The molecule has 6 nitrogen and oxygen atoms in total. The summed E-state index contributed by atoms with van der Waals surface area (Å²) in [5.41, 5.74) is 1.67. The molecule has 1 aliphatic rings. The molecule has 1 saturated heterocycles. The summed E-state index contributed by atoms with van der Waals surface area (Å²) in [4.78, 5) is 19.0. The molecule has 0 bridgehead atoms. The number of hydrogen-bond donors (Lipinski definition) is 1. The lowest BCUT2D eigenvalue weighted by atomic mass is 10.1. The van der Waals surface area contributed by atoms with Crippen molar-refractivity contribution in [1.29, 1.82) is 0 Å². The van der Waals surface area contributed by atoms with Crippen LogP contribution in [-0.4, -0.2) is 38.2 Å². The molecule has 0 atom stereocenters. The number of nitrogens with zero attached hydrogens (tertiary/aromatic N) is 2. The Hall–Kier alpha value is -2.76. The highest BCUT2D eigenvalue weighted by molar-refractivity contribution is 5.90. The fourth-order valence-electron chi connectivity index (χ4n) is 3.14. The molecule has 0 spiro atoms. The lowest BCUT2D eigenvalue weighted by Gasteiger charge is -2.16. The van der Waals surface area contributed by atoms with Crippen molar-refractivity contribution in [2.24, 2.45) is 0 Å². The highest BCUT2D eigenvalue weighted by atomic mass is 16.5. The lowest BCUT2D eigenvalue weighted by molar-refractivity contribution is -0.116. The zero-order valence-corrected chi connectivity index (χ0v) is 15.3. The first-order chi connectivity index (χ1) is 12.7. The number of carbonyl (C=O) groups excluding carboxylic acids is 1. The van der Waals surface area contributed by atoms with Crippen LogP contribution in [0.25, 0.3) is 0 Å². The number of methoxy groups -OCH3 is 2. The van der Waals surface area contributed by atoms with Gasteiger partial charge >= 0.3 is 0 Å². The van der Waals surface area contributed by atoms with Crippen molar-refractivity contribution in [1.82, 2.24) is 4.98 Å². The van der Waals surface area contributed by atoms with Crippen LogP contribution in [0.1, 0.15) is 24.8 Å². The Morgan fingerprint density at radius 3 is 2.62 bits per heavy atom. The van der Waals surface area contributed by atoms with Gasteiger partial charge in [-0.15, -0.1) is 0 Å². The first kappa shape index (κ1) is 18.0.